The van der Waals surface area contributed by atoms with E-state index in [1.807, 2.05) is 0 Å². The molecule has 0 radical (unpaired) electrons. The van der Waals surface area contributed by atoms with Crippen LogP contribution in [0, 0.1) is 0 Å². The lowest BCUT2D eigenvalue weighted by atomic mass is 10.2. The van der Waals surface area contributed by atoms with Gasteiger partial charge in [0.05, 0.1) is 5.56 Å². The molecule has 1 rings (SSSR count). The molecule has 0 atom stereocenters. The molecule has 0 aliphatic heterocycles. The lowest BCUT2D eigenvalue weighted by Crippen LogP contribution is -2.24. The highest BCUT2D eigenvalue weighted by Crippen LogP contribution is 2.28. The number of hydrogen-bond donors (Lipinski definition) is 1. The van der Waals surface area contributed by atoms with Crippen LogP contribution in [0.25, 0.3) is 0 Å². The Kier molecular flexibility index (Phi) is 5.64. The third-order valence-corrected chi connectivity index (χ3v) is 2.86. The first kappa shape index (κ1) is 14.2. The third-order valence-electron chi connectivity index (χ3n) is 1.79. The van der Waals surface area contributed by atoms with Crippen molar-refractivity contribution < 1.29 is 13.6 Å². The van der Waals surface area contributed by atoms with Gasteiger partial charge in [-0.25, -0.2) is 0 Å². The molecule has 0 heterocycles. The Balaban J connectivity index is 2.81. The molecule has 0 spiro atoms. The number of thioether (sulfide) groups is 1. The Morgan fingerprint density at radius 2 is 2.12 bits per heavy atom. The van der Waals surface area contributed by atoms with Gasteiger partial charge in [-0.2, -0.15) is 8.78 Å². The standard InChI is InChI=1S/C11H10BrF2NOS/c1-7(12)6-15-10(16)8-4-2-3-5-9(8)17-11(13)14/h2-5,11H,1,6H2,(H,15,16). The first-order valence-electron chi connectivity index (χ1n) is 4.66. The molecule has 92 valence electrons. The maximum absolute atomic E-state index is 12.3. The predicted molar refractivity (Wildman–Crippen MR) is 68.7 cm³/mol. The second-order valence-electron chi connectivity index (χ2n) is 3.07. The Labute approximate surface area is 111 Å². The van der Waals surface area contributed by atoms with Crippen LogP contribution in [0.5, 0.6) is 0 Å². The van der Waals surface area contributed by atoms with E-state index in [0.29, 0.717) is 16.2 Å². The molecule has 0 bridgehead atoms. The van der Waals surface area contributed by atoms with Crippen molar-refractivity contribution in [3.8, 4) is 0 Å². The Hall–Kier alpha value is -0.880. The molecule has 0 aliphatic rings. The molecule has 0 unspecified atom stereocenters. The van der Waals surface area contributed by atoms with Gasteiger partial charge < -0.3 is 5.32 Å². The summed E-state index contributed by atoms with van der Waals surface area (Å²) in [5.41, 5.74) is 0.242. The van der Waals surface area contributed by atoms with Crippen molar-refractivity contribution >= 4 is 33.6 Å². The molecule has 1 aromatic rings. The second kappa shape index (κ2) is 6.76. The zero-order valence-electron chi connectivity index (χ0n) is 8.75. The molecular formula is C11H10BrF2NOS. The van der Waals surface area contributed by atoms with Gasteiger partial charge in [-0.3, -0.25) is 4.79 Å². The SMILES string of the molecule is C=C(Br)CNC(=O)c1ccccc1SC(F)F. The van der Waals surface area contributed by atoms with Gasteiger partial charge in [-0.15, -0.1) is 0 Å². The smallest absolute Gasteiger partial charge is 0.288 e. The highest BCUT2D eigenvalue weighted by Gasteiger charge is 2.14. The number of carbonyl (C=O) groups excluding carboxylic acids is 1. The van der Waals surface area contributed by atoms with E-state index in [9.17, 15) is 13.6 Å². The molecule has 1 amide bonds. The van der Waals surface area contributed by atoms with Gasteiger partial charge in [0.2, 0.25) is 0 Å². The van der Waals surface area contributed by atoms with Crippen LogP contribution in [-0.4, -0.2) is 18.2 Å². The fourth-order valence-electron chi connectivity index (χ4n) is 1.12. The van der Waals surface area contributed by atoms with Crippen LogP contribution in [0.15, 0.2) is 40.2 Å². The van der Waals surface area contributed by atoms with Crippen LogP contribution >= 0.6 is 27.7 Å². The van der Waals surface area contributed by atoms with E-state index in [1.165, 1.54) is 12.1 Å². The van der Waals surface area contributed by atoms with Crippen LogP contribution in [0.3, 0.4) is 0 Å². The lowest BCUT2D eigenvalue weighted by Gasteiger charge is -2.08. The van der Waals surface area contributed by atoms with Crippen LogP contribution in [-0.2, 0) is 0 Å². The molecule has 2 nitrogen and oxygen atoms in total. The molecule has 0 aromatic heterocycles. The van der Waals surface area contributed by atoms with Crippen molar-refractivity contribution in [1.82, 2.24) is 5.32 Å². The molecule has 1 aromatic carbocycles. The van der Waals surface area contributed by atoms with Crippen LogP contribution in [0.2, 0.25) is 0 Å². The average molecular weight is 322 g/mol. The number of halogens is 3. The van der Waals surface area contributed by atoms with Gasteiger partial charge in [-0.1, -0.05) is 46.4 Å². The topological polar surface area (TPSA) is 29.1 Å². The number of carbonyl (C=O) groups is 1. The summed E-state index contributed by atoms with van der Waals surface area (Å²) >= 11 is 3.46. The van der Waals surface area contributed by atoms with Crippen molar-refractivity contribution in [2.24, 2.45) is 0 Å². The summed E-state index contributed by atoms with van der Waals surface area (Å²) in [5.74, 6) is -2.94. The molecule has 0 aliphatic carbocycles. The fourth-order valence-corrected chi connectivity index (χ4v) is 1.90. The van der Waals surface area contributed by atoms with Gasteiger partial charge in [0.25, 0.3) is 11.7 Å². The molecule has 0 saturated heterocycles. The summed E-state index contributed by atoms with van der Waals surface area (Å²) in [7, 11) is 0. The fraction of sp³-hybridized carbons (Fsp3) is 0.182. The number of alkyl halides is 2. The van der Waals surface area contributed by atoms with Gasteiger partial charge in [-0.05, 0) is 12.1 Å². The zero-order chi connectivity index (χ0) is 12.8. The van der Waals surface area contributed by atoms with E-state index >= 15 is 0 Å². The van der Waals surface area contributed by atoms with Crippen molar-refractivity contribution in [1.29, 1.82) is 0 Å². The number of benzene rings is 1. The van der Waals surface area contributed by atoms with E-state index in [-0.39, 0.29) is 17.0 Å². The monoisotopic (exact) mass is 321 g/mol. The third kappa shape index (κ3) is 4.87. The first-order valence-corrected chi connectivity index (χ1v) is 6.33. The predicted octanol–water partition coefficient (Wildman–Crippen LogP) is 3.64. The van der Waals surface area contributed by atoms with Crippen molar-refractivity contribution in [2.75, 3.05) is 6.54 Å². The van der Waals surface area contributed by atoms with E-state index in [2.05, 4.69) is 27.8 Å². The number of nitrogens with one attached hydrogen (secondary N) is 1. The number of amides is 1. The van der Waals surface area contributed by atoms with Crippen LogP contribution < -0.4 is 5.32 Å². The summed E-state index contributed by atoms with van der Waals surface area (Å²) in [6, 6.07) is 6.25. The van der Waals surface area contributed by atoms with Gasteiger partial charge in [0.1, 0.15) is 0 Å². The molecule has 0 fully saturated rings. The Morgan fingerprint density at radius 3 is 2.71 bits per heavy atom. The quantitative estimate of drug-likeness (QED) is 0.839. The normalized spacial score (nSPS) is 10.4. The van der Waals surface area contributed by atoms with Crippen LogP contribution in [0.1, 0.15) is 10.4 Å². The van der Waals surface area contributed by atoms with Gasteiger partial charge in [0.15, 0.2) is 0 Å². The summed E-state index contributed by atoms with van der Waals surface area (Å²) in [5, 5.41) is 2.57. The average Bonchev–Trinajstić information content (AvgIpc) is 2.25. The highest BCUT2D eigenvalue weighted by molar-refractivity contribution is 9.11. The molecular weight excluding hydrogens is 312 g/mol. The molecule has 1 N–H and O–H groups in total. The largest absolute Gasteiger partial charge is 0.347 e. The van der Waals surface area contributed by atoms with Crippen molar-refractivity contribution in [3.05, 3.63) is 40.9 Å². The number of hydrogen-bond acceptors (Lipinski definition) is 2. The maximum Gasteiger partial charge on any atom is 0.288 e. The minimum absolute atomic E-state index is 0.242. The van der Waals surface area contributed by atoms with E-state index < -0.39 is 11.7 Å². The van der Waals surface area contributed by atoms with Crippen LogP contribution in [0.4, 0.5) is 8.78 Å². The zero-order valence-corrected chi connectivity index (χ0v) is 11.2. The molecule has 17 heavy (non-hydrogen) atoms. The van der Waals surface area contributed by atoms with E-state index in [1.54, 1.807) is 12.1 Å². The minimum Gasteiger partial charge on any atom is -0.347 e. The summed E-state index contributed by atoms with van der Waals surface area (Å²) < 4.78 is 25.2. The van der Waals surface area contributed by atoms with Gasteiger partial charge >= 0.3 is 0 Å². The van der Waals surface area contributed by atoms with Crippen molar-refractivity contribution in [3.63, 3.8) is 0 Å². The first-order chi connectivity index (χ1) is 8.00. The van der Waals surface area contributed by atoms with E-state index in [4.69, 9.17) is 0 Å². The molecule has 0 saturated carbocycles. The summed E-state index contributed by atoms with van der Waals surface area (Å²) in [6.45, 7) is 3.82. The maximum atomic E-state index is 12.3. The molecule has 6 heteroatoms. The highest BCUT2D eigenvalue weighted by atomic mass is 79.9. The lowest BCUT2D eigenvalue weighted by molar-refractivity contribution is 0.0955. The summed E-state index contributed by atoms with van der Waals surface area (Å²) in [4.78, 5) is 12.0. The Morgan fingerprint density at radius 1 is 1.47 bits per heavy atom. The Bertz CT molecular complexity index is 426. The minimum atomic E-state index is -2.55. The second-order valence-corrected chi connectivity index (χ2v) is 5.23. The van der Waals surface area contributed by atoms with E-state index in [0.717, 1.165) is 0 Å². The van der Waals surface area contributed by atoms with Crippen molar-refractivity contribution in [2.45, 2.75) is 10.7 Å². The summed E-state index contributed by atoms with van der Waals surface area (Å²) in [6.07, 6.45) is 0. The van der Waals surface area contributed by atoms with Gasteiger partial charge in [0, 0.05) is 15.9 Å². The number of rotatable bonds is 5.